The van der Waals surface area contributed by atoms with Crippen LogP contribution in [0, 0.1) is 11.3 Å². The molecule has 1 amide bonds. The Morgan fingerprint density at radius 2 is 1.89 bits per heavy atom. The minimum Gasteiger partial charge on any atom is -0.481 e. The zero-order valence-electron chi connectivity index (χ0n) is 21.0. The fourth-order valence-electron chi connectivity index (χ4n) is 3.64. The molecule has 1 saturated carbocycles. The third-order valence-corrected chi connectivity index (χ3v) is 8.46. The first-order chi connectivity index (χ1) is 17.4. The smallest absolute Gasteiger partial charge is 0.481 e. The molecule has 0 unspecified atom stereocenters. The van der Waals surface area contributed by atoms with E-state index in [1.54, 1.807) is 20.8 Å². The van der Waals surface area contributed by atoms with Gasteiger partial charge in [-0.2, -0.15) is 18.4 Å². The van der Waals surface area contributed by atoms with E-state index in [0.29, 0.717) is 12.8 Å². The summed E-state index contributed by atoms with van der Waals surface area (Å²) in [6, 6.07) is 3.74. The van der Waals surface area contributed by atoms with Crippen molar-refractivity contribution < 1.29 is 45.5 Å². The summed E-state index contributed by atoms with van der Waals surface area (Å²) in [6.45, 7) is 5.12. The van der Waals surface area contributed by atoms with E-state index < -0.39 is 68.1 Å². The molecule has 210 valence electrons. The highest BCUT2D eigenvalue weighted by Gasteiger charge is 2.51. The number of hydrogen-bond donors (Lipinski definition) is 1. The monoisotopic (exact) mass is 581 g/mol. The normalized spacial score (nSPS) is 22.2. The highest BCUT2D eigenvalue weighted by Crippen LogP contribution is 2.37. The van der Waals surface area contributed by atoms with E-state index in [-0.39, 0.29) is 17.2 Å². The van der Waals surface area contributed by atoms with E-state index in [9.17, 15) is 36.4 Å². The van der Waals surface area contributed by atoms with Gasteiger partial charge >= 0.3 is 12.3 Å². The maximum absolute atomic E-state index is 13.4. The Morgan fingerprint density at radius 1 is 1.26 bits per heavy atom. The zero-order chi connectivity index (χ0) is 28.7. The molecule has 2 fully saturated rings. The molecule has 1 aromatic carbocycles. The number of halogens is 4. The van der Waals surface area contributed by atoms with Gasteiger partial charge in [0, 0.05) is 6.07 Å². The molecule has 1 aliphatic carbocycles. The van der Waals surface area contributed by atoms with Crippen molar-refractivity contribution >= 4 is 33.5 Å². The number of sulfone groups is 1. The molecule has 15 heteroatoms. The number of hydroxylamine groups is 2. The first kappa shape index (κ1) is 29.8. The van der Waals surface area contributed by atoms with Gasteiger partial charge < -0.3 is 19.6 Å². The molecule has 2 aliphatic rings. The number of amides is 1. The van der Waals surface area contributed by atoms with Crippen molar-refractivity contribution in [2.45, 2.75) is 86.6 Å². The minimum atomic E-state index is -4.64. The Balaban J connectivity index is 1.84. The van der Waals surface area contributed by atoms with Crippen molar-refractivity contribution in [1.82, 2.24) is 10.4 Å². The minimum absolute atomic E-state index is 0.288. The summed E-state index contributed by atoms with van der Waals surface area (Å²) in [6.07, 6.45) is -7.43. The molecule has 1 aromatic rings. The van der Waals surface area contributed by atoms with E-state index >= 15 is 0 Å². The first-order valence-electron chi connectivity index (χ1n) is 11.5. The van der Waals surface area contributed by atoms with Crippen LogP contribution in [0.1, 0.15) is 47.0 Å². The number of hydrogen-bond acceptors (Lipinski definition) is 9. The zero-order valence-corrected chi connectivity index (χ0v) is 22.5. The summed E-state index contributed by atoms with van der Waals surface area (Å²) in [7, 11) is -4.28. The summed E-state index contributed by atoms with van der Waals surface area (Å²) in [5.41, 5.74) is -1.99. The molecule has 0 aromatic heterocycles. The number of ether oxygens (including phenoxy) is 2. The van der Waals surface area contributed by atoms with Crippen molar-refractivity contribution in [3.8, 4) is 11.8 Å². The molecule has 1 saturated heterocycles. The first-order valence-corrected chi connectivity index (χ1v) is 13.5. The van der Waals surface area contributed by atoms with E-state index in [4.69, 9.17) is 25.9 Å². The Bertz CT molecular complexity index is 1240. The maximum Gasteiger partial charge on any atom is 0.528 e. The average Bonchev–Trinajstić information content (AvgIpc) is 3.40. The molecule has 1 heterocycles. The van der Waals surface area contributed by atoms with Crippen LogP contribution in [0.25, 0.3) is 0 Å². The van der Waals surface area contributed by atoms with Crippen LogP contribution in [0.4, 0.5) is 18.0 Å². The highest BCUT2D eigenvalue weighted by atomic mass is 35.5. The van der Waals surface area contributed by atoms with Crippen LogP contribution >= 0.6 is 11.6 Å². The van der Waals surface area contributed by atoms with Crippen molar-refractivity contribution in [3.05, 3.63) is 23.2 Å². The molecule has 0 radical (unpaired) electrons. The number of nitrogens with zero attached hydrogens (tertiary/aromatic N) is 2. The van der Waals surface area contributed by atoms with Gasteiger partial charge in [-0.3, -0.25) is 4.79 Å². The van der Waals surface area contributed by atoms with Gasteiger partial charge in [0.25, 0.3) is 0 Å². The lowest BCUT2D eigenvalue weighted by atomic mass is 10.2. The predicted octanol–water partition coefficient (Wildman–Crippen LogP) is 3.93. The van der Waals surface area contributed by atoms with Gasteiger partial charge in [-0.1, -0.05) is 11.6 Å². The van der Waals surface area contributed by atoms with Crippen LogP contribution in [0.15, 0.2) is 23.1 Å². The van der Waals surface area contributed by atoms with Gasteiger partial charge in [0.15, 0.2) is 15.9 Å². The van der Waals surface area contributed by atoms with Gasteiger partial charge in [-0.25, -0.2) is 13.2 Å². The lowest BCUT2D eigenvalue weighted by molar-refractivity contribution is -0.189. The number of alkyl halides is 3. The number of carbonyl (C=O) groups is 2. The van der Waals surface area contributed by atoms with Crippen molar-refractivity contribution in [2.24, 2.45) is 0 Å². The number of carbonyl (C=O) groups excluding carboxylic acids is 2. The van der Waals surface area contributed by atoms with Crippen molar-refractivity contribution in [2.75, 3.05) is 6.54 Å². The van der Waals surface area contributed by atoms with Gasteiger partial charge in [-0.15, -0.1) is 5.06 Å². The molecule has 1 N–H and O–H groups in total. The number of rotatable bonds is 7. The molecule has 38 heavy (non-hydrogen) atoms. The van der Waals surface area contributed by atoms with Crippen LogP contribution in [0.3, 0.4) is 0 Å². The van der Waals surface area contributed by atoms with Crippen LogP contribution in [0.2, 0.25) is 5.02 Å². The molecule has 3 atom stereocenters. The van der Waals surface area contributed by atoms with Gasteiger partial charge in [0.05, 0.1) is 27.8 Å². The number of nitriles is 1. The Hall–Kier alpha value is -2.76. The quantitative estimate of drug-likeness (QED) is 0.475. The Kier molecular flexibility index (Phi) is 8.17. The lowest BCUT2D eigenvalue weighted by Gasteiger charge is -2.25. The number of nitrogens with one attached hydrogen (secondary N) is 1. The Labute approximate surface area is 222 Å². The summed E-state index contributed by atoms with van der Waals surface area (Å²) < 4.78 is 75.2. The van der Waals surface area contributed by atoms with Gasteiger partial charge in [0.2, 0.25) is 5.91 Å². The molecule has 1 aliphatic heterocycles. The molecule has 10 nitrogen and oxygen atoms in total. The standard InChI is InChI=1S/C23H27ClF3N3O7S/c1-13(23(25,26)27)35-14-5-6-18(16(24)9-14)38(33,34)15-10-17(19(31)29-22(12-28)7-8-22)30(11-15)37-20(32)36-21(2,3)4/h5-6,9,13,15,17H,7-8,10-11H2,1-4H3,(H,29,31)/t13-,15+,17-/m0/s1. The largest absolute Gasteiger partial charge is 0.528 e. The summed E-state index contributed by atoms with van der Waals surface area (Å²) in [5, 5.41) is 11.1. The second kappa shape index (κ2) is 10.4. The maximum atomic E-state index is 13.4. The summed E-state index contributed by atoms with van der Waals surface area (Å²) in [4.78, 5) is 30.0. The van der Waals surface area contributed by atoms with Gasteiger partial charge in [0.1, 0.15) is 22.9 Å². The number of benzene rings is 1. The third-order valence-electron chi connectivity index (χ3n) is 5.85. The summed E-state index contributed by atoms with van der Waals surface area (Å²) >= 11 is 6.12. The van der Waals surface area contributed by atoms with Crippen LogP contribution in [0.5, 0.6) is 5.75 Å². The fourth-order valence-corrected chi connectivity index (χ4v) is 5.86. The second-order valence-electron chi connectivity index (χ2n) is 10.2. The van der Waals surface area contributed by atoms with Crippen LogP contribution in [-0.4, -0.2) is 66.8 Å². The molecular formula is C23H27ClF3N3O7S. The van der Waals surface area contributed by atoms with E-state index in [0.717, 1.165) is 30.2 Å². The molecule has 0 bridgehead atoms. The fraction of sp³-hybridized carbons (Fsp3) is 0.609. The average molecular weight is 582 g/mol. The van der Waals surface area contributed by atoms with E-state index in [1.807, 2.05) is 6.07 Å². The van der Waals surface area contributed by atoms with Crippen molar-refractivity contribution in [3.63, 3.8) is 0 Å². The molecule has 3 rings (SSSR count). The Morgan fingerprint density at radius 3 is 2.39 bits per heavy atom. The van der Waals surface area contributed by atoms with E-state index in [2.05, 4.69) is 5.32 Å². The third kappa shape index (κ3) is 7.00. The summed E-state index contributed by atoms with van der Waals surface area (Å²) in [5.74, 6) is -0.995. The van der Waals surface area contributed by atoms with Gasteiger partial charge in [-0.05, 0) is 59.1 Å². The molecular weight excluding hydrogens is 555 g/mol. The van der Waals surface area contributed by atoms with Crippen molar-refractivity contribution in [1.29, 1.82) is 5.26 Å². The van der Waals surface area contributed by atoms with Crippen LogP contribution < -0.4 is 10.1 Å². The lowest BCUT2D eigenvalue weighted by Crippen LogP contribution is -2.48. The van der Waals surface area contributed by atoms with E-state index in [1.165, 1.54) is 0 Å². The molecule has 0 spiro atoms. The van der Waals surface area contributed by atoms with Crippen LogP contribution in [-0.2, 0) is 24.2 Å². The highest BCUT2D eigenvalue weighted by molar-refractivity contribution is 7.92. The second-order valence-corrected chi connectivity index (χ2v) is 12.8. The SMILES string of the molecule is C[C@H](Oc1ccc(S(=O)(=O)[C@@H]2C[C@@H](C(=O)NC3(C#N)CC3)N(OC(=O)OC(C)(C)C)C2)c(Cl)c1)C(F)(F)F. The topological polar surface area (TPSA) is 135 Å². The predicted molar refractivity (Wildman–Crippen MR) is 127 cm³/mol.